The van der Waals surface area contributed by atoms with Crippen molar-refractivity contribution in [2.45, 2.75) is 51.0 Å². The predicted molar refractivity (Wildman–Crippen MR) is 107 cm³/mol. The molecule has 1 saturated heterocycles. The van der Waals surface area contributed by atoms with Crippen LogP contribution in [0.4, 0.5) is 11.4 Å². The van der Waals surface area contributed by atoms with Gasteiger partial charge in [0.15, 0.2) is 0 Å². The zero-order valence-electron chi connectivity index (χ0n) is 16.1. The third kappa shape index (κ3) is 4.76. The average molecular weight is 410 g/mol. The standard InChI is InChI=1S/C19H27N3O5S/c1-27-17-13-15(9-10-16(17)22-11-5-6-12-28(22,25)26)21-19(24)18(23)20-14-7-3-2-4-8-14/h9-10,13-14H,2-8,11-12H2,1H3,(H,20,23)(H,21,24). The molecule has 2 fully saturated rings. The number of anilines is 2. The van der Waals surface area contributed by atoms with Crippen LogP contribution in [0.1, 0.15) is 44.9 Å². The van der Waals surface area contributed by atoms with Crippen molar-refractivity contribution in [2.75, 3.05) is 29.0 Å². The van der Waals surface area contributed by atoms with Crippen LogP contribution in [0.25, 0.3) is 0 Å². The van der Waals surface area contributed by atoms with Gasteiger partial charge in [0.1, 0.15) is 5.75 Å². The molecule has 3 rings (SSSR count). The highest BCUT2D eigenvalue weighted by molar-refractivity contribution is 7.92. The zero-order chi connectivity index (χ0) is 20.1. The minimum atomic E-state index is -3.37. The molecule has 2 amide bonds. The molecule has 0 unspecified atom stereocenters. The highest BCUT2D eigenvalue weighted by Gasteiger charge is 2.28. The summed E-state index contributed by atoms with van der Waals surface area (Å²) in [6.45, 7) is 0.397. The van der Waals surface area contributed by atoms with E-state index in [1.54, 1.807) is 12.1 Å². The number of rotatable bonds is 4. The molecule has 1 heterocycles. The SMILES string of the molecule is COc1cc(NC(=O)C(=O)NC2CCCCC2)ccc1N1CCCCS1(=O)=O. The van der Waals surface area contributed by atoms with E-state index in [0.29, 0.717) is 30.1 Å². The lowest BCUT2D eigenvalue weighted by Gasteiger charge is -2.29. The molecule has 0 spiro atoms. The number of carbonyl (C=O) groups is 2. The molecule has 1 aromatic carbocycles. The Morgan fingerprint density at radius 1 is 1.07 bits per heavy atom. The molecule has 9 heteroatoms. The largest absolute Gasteiger partial charge is 0.494 e. The van der Waals surface area contributed by atoms with Gasteiger partial charge in [0, 0.05) is 24.3 Å². The highest BCUT2D eigenvalue weighted by Crippen LogP contribution is 2.34. The second kappa shape index (κ2) is 8.81. The van der Waals surface area contributed by atoms with E-state index >= 15 is 0 Å². The molecule has 8 nitrogen and oxygen atoms in total. The number of sulfonamides is 1. The van der Waals surface area contributed by atoms with Gasteiger partial charge < -0.3 is 15.4 Å². The Hall–Kier alpha value is -2.29. The normalized spacial score (nSPS) is 19.7. The van der Waals surface area contributed by atoms with Crippen LogP contribution in [-0.2, 0) is 19.6 Å². The van der Waals surface area contributed by atoms with E-state index in [4.69, 9.17) is 4.74 Å². The van der Waals surface area contributed by atoms with Gasteiger partial charge in [-0.15, -0.1) is 0 Å². The number of hydrogen-bond donors (Lipinski definition) is 2. The van der Waals surface area contributed by atoms with Gasteiger partial charge in [-0.05, 0) is 37.8 Å². The molecule has 0 radical (unpaired) electrons. The van der Waals surface area contributed by atoms with Crippen molar-refractivity contribution in [3.8, 4) is 5.75 Å². The first-order valence-corrected chi connectivity index (χ1v) is 11.3. The molecule has 1 aliphatic carbocycles. The summed E-state index contributed by atoms with van der Waals surface area (Å²) >= 11 is 0. The lowest BCUT2D eigenvalue weighted by atomic mass is 9.95. The van der Waals surface area contributed by atoms with Crippen molar-refractivity contribution in [1.29, 1.82) is 0 Å². The lowest BCUT2D eigenvalue weighted by molar-refractivity contribution is -0.136. The monoisotopic (exact) mass is 409 g/mol. The molecule has 0 bridgehead atoms. The van der Waals surface area contributed by atoms with Crippen molar-refractivity contribution >= 4 is 33.2 Å². The maximum atomic E-state index is 12.3. The Kier molecular flexibility index (Phi) is 6.43. The van der Waals surface area contributed by atoms with E-state index in [0.717, 1.165) is 38.5 Å². The Morgan fingerprint density at radius 3 is 2.50 bits per heavy atom. The van der Waals surface area contributed by atoms with E-state index in [1.807, 2.05) is 0 Å². The summed E-state index contributed by atoms with van der Waals surface area (Å²) in [7, 11) is -1.93. The summed E-state index contributed by atoms with van der Waals surface area (Å²) in [5.41, 5.74) is 0.811. The van der Waals surface area contributed by atoms with Crippen LogP contribution in [-0.4, -0.2) is 45.7 Å². The van der Waals surface area contributed by atoms with Crippen LogP contribution in [0, 0.1) is 0 Å². The van der Waals surface area contributed by atoms with E-state index in [9.17, 15) is 18.0 Å². The van der Waals surface area contributed by atoms with Crippen molar-refractivity contribution in [1.82, 2.24) is 5.32 Å². The maximum Gasteiger partial charge on any atom is 0.313 e. The fourth-order valence-corrected chi connectivity index (χ4v) is 5.35. The molecule has 28 heavy (non-hydrogen) atoms. The third-order valence-corrected chi connectivity index (χ3v) is 7.06. The van der Waals surface area contributed by atoms with Crippen molar-refractivity contribution in [3.05, 3.63) is 18.2 Å². The van der Waals surface area contributed by atoms with Crippen molar-refractivity contribution in [3.63, 3.8) is 0 Å². The van der Waals surface area contributed by atoms with Gasteiger partial charge in [-0.3, -0.25) is 13.9 Å². The molecule has 1 aromatic rings. The summed E-state index contributed by atoms with van der Waals surface area (Å²) < 4.78 is 31.4. The average Bonchev–Trinajstić information content (AvgIpc) is 2.68. The quantitative estimate of drug-likeness (QED) is 0.740. The van der Waals surface area contributed by atoms with Gasteiger partial charge in [0.25, 0.3) is 0 Å². The molecule has 1 saturated carbocycles. The summed E-state index contributed by atoms with van der Waals surface area (Å²) in [4.78, 5) is 24.3. The fraction of sp³-hybridized carbons (Fsp3) is 0.579. The van der Waals surface area contributed by atoms with Gasteiger partial charge >= 0.3 is 11.8 Å². The summed E-state index contributed by atoms with van der Waals surface area (Å²) in [6.07, 6.45) is 6.50. The second-order valence-corrected chi connectivity index (χ2v) is 9.26. The number of ether oxygens (including phenoxy) is 1. The molecule has 2 aliphatic rings. The van der Waals surface area contributed by atoms with Crippen LogP contribution in [0.2, 0.25) is 0 Å². The van der Waals surface area contributed by atoms with Crippen LogP contribution in [0.3, 0.4) is 0 Å². The van der Waals surface area contributed by atoms with E-state index < -0.39 is 21.8 Å². The van der Waals surface area contributed by atoms with Gasteiger partial charge in [-0.2, -0.15) is 0 Å². The topological polar surface area (TPSA) is 105 Å². The van der Waals surface area contributed by atoms with E-state index in [1.165, 1.54) is 17.5 Å². The molecule has 154 valence electrons. The molecule has 0 aromatic heterocycles. The summed E-state index contributed by atoms with van der Waals surface area (Å²) in [5.74, 6) is -0.967. The zero-order valence-corrected chi connectivity index (χ0v) is 16.9. The fourth-order valence-electron chi connectivity index (χ4n) is 3.71. The van der Waals surface area contributed by atoms with Crippen LogP contribution in [0.5, 0.6) is 5.75 Å². The molecular formula is C19H27N3O5S. The van der Waals surface area contributed by atoms with Crippen molar-refractivity contribution < 1.29 is 22.7 Å². The lowest BCUT2D eigenvalue weighted by Crippen LogP contribution is -2.42. The molecule has 0 atom stereocenters. The second-order valence-electron chi connectivity index (χ2n) is 7.24. The van der Waals surface area contributed by atoms with E-state index in [2.05, 4.69) is 10.6 Å². The molecular weight excluding hydrogens is 382 g/mol. The van der Waals surface area contributed by atoms with Gasteiger partial charge in [0.05, 0.1) is 18.6 Å². The first kappa shape index (κ1) is 20.4. The minimum absolute atomic E-state index is 0.0493. The van der Waals surface area contributed by atoms with Crippen molar-refractivity contribution in [2.24, 2.45) is 0 Å². The summed E-state index contributed by atoms with van der Waals surface area (Å²) in [6, 6.07) is 4.75. The number of carbonyl (C=O) groups excluding carboxylic acids is 2. The number of nitrogens with zero attached hydrogens (tertiary/aromatic N) is 1. The Morgan fingerprint density at radius 2 is 1.82 bits per heavy atom. The minimum Gasteiger partial charge on any atom is -0.494 e. The summed E-state index contributed by atoms with van der Waals surface area (Å²) in [5, 5.41) is 5.33. The maximum absolute atomic E-state index is 12.3. The van der Waals surface area contributed by atoms with Gasteiger partial charge in [-0.1, -0.05) is 19.3 Å². The Bertz CT molecular complexity index is 834. The molecule has 1 aliphatic heterocycles. The third-order valence-electron chi connectivity index (χ3n) is 5.20. The Labute approximate surface area is 165 Å². The first-order valence-electron chi connectivity index (χ1n) is 9.71. The van der Waals surface area contributed by atoms with Gasteiger partial charge in [0.2, 0.25) is 10.0 Å². The predicted octanol–water partition coefficient (Wildman–Crippen LogP) is 2.01. The highest BCUT2D eigenvalue weighted by atomic mass is 32.2. The van der Waals surface area contributed by atoms with Crippen LogP contribution >= 0.6 is 0 Å². The molecule has 2 N–H and O–H groups in total. The number of methoxy groups -OCH3 is 1. The van der Waals surface area contributed by atoms with E-state index in [-0.39, 0.29) is 11.8 Å². The number of hydrogen-bond acceptors (Lipinski definition) is 5. The van der Waals surface area contributed by atoms with Crippen LogP contribution < -0.4 is 19.7 Å². The number of benzene rings is 1. The number of amides is 2. The van der Waals surface area contributed by atoms with Crippen LogP contribution in [0.15, 0.2) is 18.2 Å². The smallest absolute Gasteiger partial charge is 0.313 e. The number of nitrogens with one attached hydrogen (secondary N) is 2. The Balaban J connectivity index is 1.69. The van der Waals surface area contributed by atoms with Gasteiger partial charge in [-0.25, -0.2) is 8.42 Å². The first-order chi connectivity index (χ1) is 13.4.